The summed E-state index contributed by atoms with van der Waals surface area (Å²) in [6.07, 6.45) is -1.94. The highest BCUT2D eigenvalue weighted by atomic mass is 32.1. The Morgan fingerprint density at radius 2 is 1.50 bits per heavy atom. The molecule has 1 unspecified atom stereocenters. The van der Waals surface area contributed by atoms with Gasteiger partial charge in [0.15, 0.2) is 0 Å². The van der Waals surface area contributed by atoms with E-state index in [0.29, 0.717) is 0 Å². The SMILES string of the molecule is O=C(CS)OCC(O)CO.OCC(O)CO. The third kappa shape index (κ3) is 13.6. The summed E-state index contributed by atoms with van der Waals surface area (Å²) < 4.78 is 4.42. The van der Waals surface area contributed by atoms with Crippen LogP contribution in [0.25, 0.3) is 0 Å². The maximum atomic E-state index is 10.3. The van der Waals surface area contributed by atoms with Gasteiger partial charge in [-0.05, 0) is 0 Å². The summed E-state index contributed by atoms with van der Waals surface area (Å²) in [5.41, 5.74) is 0. The maximum absolute atomic E-state index is 10.3. The molecule has 0 rings (SSSR count). The molecule has 0 amide bonds. The molecule has 7 nitrogen and oxygen atoms in total. The van der Waals surface area contributed by atoms with Crippen LogP contribution in [-0.2, 0) is 9.53 Å². The van der Waals surface area contributed by atoms with E-state index < -0.39 is 24.8 Å². The van der Waals surface area contributed by atoms with Gasteiger partial charge in [-0.2, -0.15) is 12.6 Å². The van der Waals surface area contributed by atoms with Gasteiger partial charge < -0.3 is 30.3 Å². The number of rotatable bonds is 6. The third-order valence-electron chi connectivity index (χ3n) is 1.20. The van der Waals surface area contributed by atoms with E-state index in [0.717, 1.165) is 0 Å². The molecule has 5 N–H and O–H groups in total. The van der Waals surface area contributed by atoms with Gasteiger partial charge in [-0.15, -0.1) is 0 Å². The van der Waals surface area contributed by atoms with Crippen LogP contribution in [0.5, 0.6) is 0 Å². The van der Waals surface area contributed by atoms with Gasteiger partial charge in [-0.3, -0.25) is 4.79 Å². The van der Waals surface area contributed by atoms with Crippen molar-refractivity contribution in [3.8, 4) is 0 Å². The standard InChI is InChI=1S/C5H10O4S.C3H8O3/c6-1-4(7)2-9-5(8)3-10;4-1-3(6)2-5/h4,6-7,10H,1-3H2;3-6H,1-2H2. The number of hydrogen-bond donors (Lipinski definition) is 6. The predicted molar refractivity (Wildman–Crippen MR) is 58.1 cm³/mol. The van der Waals surface area contributed by atoms with Crippen LogP contribution in [0, 0.1) is 0 Å². The summed E-state index contributed by atoms with van der Waals surface area (Å²) in [5.74, 6) is -0.520. The Morgan fingerprint density at radius 1 is 1.06 bits per heavy atom. The Labute approximate surface area is 98.7 Å². The van der Waals surface area contributed by atoms with Crippen molar-refractivity contribution in [1.82, 2.24) is 0 Å². The van der Waals surface area contributed by atoms with Crippen LogP contribution in [-0.4, -0.2) is 75.9 Å². The molecule has 8 heteroatoms. The molecule has 98 valence electrons. The molecule has 0 saturated heterocycles. The quantitative estimate of drug-likeness (QED) is 0.223. The van der Waals surface area contributed by atoms with Gasteiger partial charge in [-0.25, -0.2) is 0 Å². The predicted octanol–water partition coefficient (Wildman–Crippen LogP) is -2.86. The average Bonchev–Trinajstić information content (AvgIpc) is 2.34. The molecule has 0 aromatic rings. The molecular formula is C8H18O7S. The summed E-state index contributed by atoms with van der Waals surface area (Å²) in [5, 5.41) is 40.9. The van der Waals surface area contributed by atoms with Crippen molar-refractivity contribution in [2.24, 2.45) is 0 Å². The van der Waals surface area contributed by atoms with Gasteiger partial charge in [0.2, 0.25) is 0 Å². The lowest BCUT2D eigenvalue weighted by Gasteiger charge is -2.06. The fourth-order valence-corrected chi connectivity index (χ4v) is 0.437. The average molecular weight is 258 g/mol. The monoisotopic (exact) mass is 258 g/mol. The zero-order chi connectivity index (χ0) is 13.0. The van der Waals surface area contributed by atoms with Crippen LogP contribution in [0.4, 0.5) is 0 Å². The van der Waals surface area contributed by atoms with Gasteiger partial charge in [0.1, 0.15) is 18.8 Å². The highest BCUT2D eigenvalue weighted by Gasteiger charge is 2.04. The minimum Gasteiger partial charge on any atom is -0.462 e. The Balaban J connectivity index is 0. The van der Waals surface area contributed by atoms with Crippen molar-refractivity contribution in [2.75, 3.05) is 32.2 Å². The number of aliphatic hydroxyl groups excluding tert-OH is 5. The van der Waals surface area contributed by atoms with Crippen molar-refractivity contribution in [1.29, 1.82) is 0 Å². The van der Waals surface area contributed by atoms with E-state index in [1.54, 1.807) is 0 Å². The largest absolute Gasteiger partial charge is 0.462 e. The lowest BCUT2D eigenvalue weighted by Crippen LogP contribution is -2.22. The molecule has 0 radical (unpaired) electrons. The van der Waals surface area contributed by atoms with Gasteiger partial charge in [-0.1, -0.05) is 0 Å². The summed E-state index contributed by atoms with van der Waals surface area (Å²) in [6, 6.07) is 0. The molecule has 0 spiro atoms. The van der Waals surface area contributed by atoms with Gasteiger partial charge in [0, 0.05) is 0 Å². The number of esters is 1. The highest BCUT2D eigenvalue weighted by molar-refractivity contribution is 7.81. The van der Waals surface area contributed by atoms with Gasteiger partial charge in [0.05, 0.1) is 25.6 Å². The highest BCUT2D eigenvalue weighted by Crippen LogP contribution is 1.86. The zero-order valence-corrected chi connectivity index (χ0v) is 9.58. The molecule has 0 aromatic carbocycles. The number of hydrogen-bond acceptors (Lipinski definition) is 8. The molecule has 16 heavy (non-hydrogen) atoms. The second kappa shape index (κ2) is 12.7. The van der Waals surface area contributed by atoms with Crippen molar-refractivity contribution >= 4 is 18.6 Å². The molecule has 0 saturated carbocycles. The zero-order valence-electron chi connectivity index (χ0n) is 8.69. The van der Waals surface area contributed by atoms with Crippen LogP contribution >= 0.6 is 12.6 Å². The van der Waals surface area contributed by atoms with Gasteiger partial charge in [0.25, 0.3) is 0 Å². The number of carbonyl (C=O) groups is 1. The molecule has 0 fully saturated rings. The number of thiol groups is 1. The van der Waals surface area contributed by atoms with Crippen molar-refractivity contribution in [2.45, 2.75) is 12.2 Å². The van der Waals surface area contributed by atoms with E-state index in [2.05, 4.69) is 17.4 Å². The van der Waals surface area contributed by atoms with E-state index in [-0.39, 0.29) is 25.6 Å². The van der Waals surface area contributed by atoms with Crippen LogP contribution in [0.2, 0.25) is 0 Å². The Hall–Kier alpha value is -0.380. The normalized spacial score (nSPS) is 11.7. The Bertz CT molecular complexity index is 162. The second-order valence-electron chi connectivity index (χ2n) is 2.70. The van der Waals surface area contributed by atoms with Gasteiger partial charge >= 0.3 is 5.97 Å². The molecular weight excluding hydrogens is 240 g/mol. The molecule has 0 bridgehead atoms. The van der Waals surface area contributed by atoms with E-state index >= 15 is 0 Å². The lowest BCUT2D eigenvalue weighted by molar-refractivity contribution is -0.144. The fourth-order valence-electron chi connectivity index (χ4n) is 0.345. The lowest BCUT2D eigenvalue weighted by atomic mass is 10.4. The third-order valence-corrected chi connectivity index (χ3v) is 1.46. The Kier molecular flexibility index (Phi) is 14.3. The van der Waals surface area contributed by atoms with Crippen molar-refractivity contribution < 1.29 is 35.1 Å². The van der Waals surface area contributed by atoms with E-state index in [9.17, 15) is 4.79 Å². The first-order chi connectivity index (χ1) is 7.51. The first-order valence-corrected chi connectivity index (χ1v) is 5.10. The number of aliphatic hydroxyl groups is 5. The maximum Gasteiger partial charge on any atom is 0.315 e. The first kappa shape index (κ1) is 18.0. The summed E-state index contributed by atoms with van der Waals surface area (Å²) in [4.78, 5) is 10.3. The fraction of sp³-hybridized carbons (Fsp3) is 0.875. The number of carbonyl (C=O) groups excluding carboxylic acids is 1. The summed E-state index contributed by atoms with van der Waals surface area (Å²) in [6.45, 7) is -1.30. The van der Waals surface area contributed by atoms with E-state index in [1.807, 2.05) is 0 Å². The van der Waals surface area contributed by atoms with Crippen LogP contribution < -0.4 is 0 Å². The summed E-state index contributed by atoms with van der Waals surface area (Å²) >= 11 is 3.63. The smallest absolute Gasteiger partial charge is 0.315 e. The molecule has 1 atom stereocenters. The first-order valence-electron chi connectivity index (χ1n) is 4.46. The van der Waals surface area contributed by atoms with Crippen LogP contribution in [0.3, 0.4) is 0 Å². The van der Waals surface area contributed by atoms with Crippen LogP contribution in [0.15, 0.2) is 0 Å². The molecule has 0 aromatic heterocycles. The minimum absolute atomic E-state index is 0.0157. The topological polar surface area (TPSA) is 127 Å². The number of ether oxygens (including phenoxy) is 1. The van der Waals surface area contributed by atoms with Crippen molar-refractivity contribution in [3.05, 3.63) is 0 Å². The van der Waals surface area contributed by atoms with Crippen molar-refractivity contribution in [3.63, 3.8) is 0 Å². The summed E-state index contributed by atoms with van der Waals surface area (Å²) in [7, 11) is 0. The Morgan fingerprint density at radius 3 is 1.75 bits per heavy atom. The minimum atomic E-state index is -0.983. The van der Waals surface area contributed by atoms with Crippen LogP contribution in [0.1, 0.15) is 0 Å². The van der Waals surface area contributed by atoms with E-state index in [4.69, 9.17) is 25.5 Å². The molecule has 0 heterocycles. The molecule has 0 aliphatic carbocycles. The molecule has 0 aliphatic rings. The van der Waals surface area contributed by atoms with E-state index in [1.165, 1.54) is 0 Å². The molecule has 0 aliphatic heterocycles. The second-order valence-corrected chi connectivity index (χ2v) is 3.01.